The van der Waals surface area contributed by atoms with E-state index in [0.29, 0.717) is 16.8 Å². The Bertz CT molecular complexity index is 635. The van der Waals surface area contributed by atoms with Gasteiger partial charge < -0.3 is 10.8 Å². The predicted octanol–water partition coefficient (Wildman–Crippen LogP) is 1.47. The van der Waals surface area contributed by atoms with Crippen LogP contribution in [0, 0.1) is 12.7 Å². The third-order valence-corrected chi connectivity index (χ3v) is 2.87. The number of primary amides is 1. The van der Waals surface area contributed by atoms with Crippen LogP contribution in [0.5, 0.6) is 0 Å². The van der Waals surface area contributed by atoms with Gasteiger partial charge >= 0.3 is 0 Å². The molecule has 0 aliphatic heterocycles. The molecule has 1 amide bonds. The smallest absolute Gasteiger partial charge is 0.251 e. The van der Waals surface area contributed by atoms with Crippen molar-refractivity contribution in [1.29, 1.82) is 0 Å². The number of aryl methyl sites for hydroxylation is 1. The van der Waals surface area contributed by atoms with Crippen LogP contribution in [0.3, 0.4) is 0 Å². The number of rotatable bonds is 3. The van der Waals surface area contributed by atoms with Crippen LogP contribution in [0.4, 0.5) is 4.39 Å². The highest BCUT2D eigenvalue weighted by Crippen LogP contribution is 2.24. The quantitative estimate of drug-likeness (QED) is 0.879. The largest absolute Gasteiger partial charge is 0.389 e. The summed E-state index contributed by atoms with van der Waals surface area (Å²) in [6.45, 7) is 3.15. The summed E-state index contributed by atoms with van der Waals surface area (Å²) in [5, 5.41) is 13.7. The molecule has 1 atom stereocenters. The van der Waals surface area contributed by atoms with Crippen LogP contribution in [-0.2, 0) is 0 Å². The maximum absolute atomic E-state index is 13.6. The summed E-state index contributed by atoms with van der Waals surface area (Å²) in [6.07, 6.45) is 1.92. The van der Waals surface area contributed by atoms with Crippen molar-refractivity contribution in [3.63, 3.8) is 0 Å². The van der Waals surface area contributed by atoms with Gasteiger partial charge in [0.1, 0.15) is 5.82 Å². The van der Waals surface area contributed by atoms with E-state index in [1.807, 2.05) is 0 Å². The van der Waals surface area contributed by atoms with Crippen molar-refractivity contribution >= 4 is 5.91 Å². The number of nitrogens with zero attached hydrogens (tertiary/aromatic N) is 2. The van der Waals surface area contributed by atoms with Gasteiger partial charge in [0.15, 0.2) is 0 Å². The Labute approximate surface area is 109 Å². The maximum Gasteiger partial charge on any atom is 0.251 e. The number of amides is 1. The third kappa shape index (κ3) is 2.48. The first kappa shape index (κ1) is 13.2. The lowest BCUT2D eigenvalue weighted by molar-refractivity contribution is 0.100. The molecule has 0 bridgehead atoms. The van der Waals surface area contributed by atoms with E-state index in [2.05, 4.69) is 5.10 Å². The zero-order valence-electron chi connectivity index (χ0n) is 10.6. The minimum Gasteiger partial charge on any atom is -0.389 e. The molecule has 100 valence electrons. The molecule has 0 aliphatic carbocycles. The topological polar surface area (TPSA) is 81.1 Å². The standard InChI is InChI=1S/C13H14FN3O2/c1-7-3-12(10(8(2)18)4-11(7)14)17-6-9(5-16-17)13(15)19/h3-6,8,18H,1-2H3,(H2,15,19)/t8-/m1/s1. The van der Waals surface area contributed by atoms with E-state index in [-0.39, 0.29) is 5.56 Å². The predicted molar refractivity (Wildman–Crippen MR) is 67.4 cm³/mol. The van der Waals surface area contributed by atoms with Crippen LogP contribution >= 0.6 is 0 Å². The number of aliphatic hydroxyl groups is 1. The zero-order chi connectivity index (χ0) is 14.2. The number of nitrogens with two attached hydrogens (primary N) is 1. The Balaban J connectivity index is 2.59. The average molecular weight is 263 g/mol. The molecular weight excluding hydrogens is 249 g/mol. The summed E-state index contributed by atoms with van der Waals surface area (Å²) in [6, 6.07) is 2.83. The first-order valence-electron chi connectivity index (χ1n) is 5.73. The summed E-state index contributed by atoms with van der Waals surface area (Å²) >= 11 is 0. The number of benzene rings is 1. The van der Waals surface area contributed by atoms with Gasteiger partial charge in [0.2, 0.25) is 0 Å². The first-order chi connectivity index (χ1) is 8.90. The first-order valence-corrected chi connectivity index (χ1v) is 5.73. The summed E-state index contributed by atoms with van der Waals surface area (Å²) in [4.78, 5) is 11.0. The Morgan fingerprint density at radius 1 is 1.53 bits per heavy atom. The molecule has 6 heteroatoms. The van der Waals surface area contributed by atoms with E-state index in [4.69, 9.17) is 5.73 Å². The molecule has 1 aromatic heterocycles. The van der Waals surface area contributed by atoms with Gasteiger partial charge in [0.25, 0.3) is 5.91 Å². The van der Waals surface area contributed by atoms with Gasteiger partial charge in [-0.25, -0.2) is 9.07 Å². The highest BCUT2D eigenvalue weighted by molar-refractivity contribution is 5.92. The number of aliphatic hydroxyl groups excluding tert-OH is 1. The molecule has 0 saturated carbocycles. The highest BCUT2D eigenvalue weighted by atomic mass is 19.1. The van der Waals surface area contributed by atoms with E-state index in [0.717, 1.165) is 0 Å². The van der Waals surface area contributed by atoms with Crippen LogP contribution in [0.1, 0.15) is 34.5 Å². The van der Waals surface area contributed by atoms with Crippen molar-refractivity contribution in [3.8, 4) is 5.69 Å². The van der Waals surface area contributed by atoms with Gasteiger partial charge in [-0.05, 0) is 31.5 Å². The Hall–Kier alpha value is -2.21. The van der Waals surface area contributed by atoms with Gasteiger partial charge in [-0.3, -0.25) is 4.79 Å². The van der Waals surface area contributed by atoms with Crippen molar-refractivity contribution in [2.24, 2.45) is 5.73 Å². The van der Waals surface area contributed by atoms with E-state index in [1.165, 1.54) is 30.1 Å². The van der Waals surface area contributed by atoms with Gasteiger partial charge in [0, 0.05) is 11.8 Å². The van der Waals surface area contributed by atoms with Crippen LogP contribution in [0.15, 0.2) is 24.5 Å². The molecule has 0 radical (unpaired) electrons. The minimum absolute atomic E-state index is 0.249. The zero-order valence-corrected chi connectivity index (χ0v) is 10.6. The summed E-state index contributed by atoms with van der Waals surface area (Å²) in [5.74, 6) is -0.995. The van der Waals surface area contributed by atoms with Crippen LogP contribution in [0.25, 0.3) is 5.69 Å². The van der Waals surface area contributed by atoms with E-state index < -0.39 is 17.8 Å². The molecule has 0 spiro atoms. The number of halogens is 1. The van der Waals surface area contributed by atoms with Gasteiger partial charge in [-0.1, -0.05) is 0 Å². The van der Waals surface area contributed by atoms with Crippen LogP contribution < -0.4 is 5.73 Å². The van der Waals surface area contributed by atoms with Gasteiger partial charge in [-0.15, -0.1) is 0 Å². The lowest BCUT2D eigenvalue weighted by Gasteiger charge is -2.13. The second-order valence-electron chi connectivity index (χ2n) is 4.37. The molecule has 0 unspecified atom stereocenters. The van der Waals surface area contributed by atoms with Gasteiger partial charge in [0.05, 0.1) is 23.6 Å². The number of hydrogen-bond donors (Lipinski definition) is 2. The monoisotopic (exact) mass is 263 g/mol. The minimum atomic E-state index is -0.855. The Morgan fingerprint density at radius 2 is 2.21 bits per heavy atom. The Kier molecular flexibility index (Phi) is 3.35. The fraction of sp³-hybridized carbons (Fsp3) is 0.231. The molecule has 1 aromatic carbocycles. The molecule has 1 heterocycles. The second kappa shape index (κ2) is 4.81. The number of hydrogen-bond acceptors (Lipinski definition) is 3. The van der Waals surface area contributed by atoms with Crippen molar-refractivity contribution in [2.75, 3.05) is 0 Å². The van der Waals surface area contributed by atoms with E-state index in [1.54, 1.807) is 13.0 Å². The number of aromatic nitrogens is 2. The number of carbonyl (C=O) groups excluding carboxylic acids is 1. The molecule has 0 fully saturated rings. The second-order valence-corrected chi connectivity index (χ2v) is 4.37. The van der Waals surface area contributed by atoms with Crippen LogP contribution in [0.2, 0.25) is 0 Å². The van der Waals surface area contributed by atoms with E-state index in [9.17, 15) is 14.3 Å². The molecule has 3 N–H and O–H groups in total. The van der Waals surface area contributed by atoms with Crippen molar-refractivity contribution in [2.45, 2.75) is 20.0 Å². The lowest BCUT2D eigenvalue weighted by atomic mass is 10.0. The van der Waals surface area contributed by atoms with Gasteiger partial charge in [-0.2, -0.15) is 5.10 Å². The summed E-state index contributed by atoms with van der Waals surface area (Å²) in [5.41, 5.74) is 6.74. The molecular formula is C13H14FN3O2. The lowest BCUT2D eigenvalue weighted by Crippen LogP contribution is -2.10. The average Bonchev–Trinajstić information content (AvgIpc) is 2.81. The third-order valence-electron chi connectivity index (χ3n) is 2.87. The SMILES string of the molecule is Cc1cc(-n2cc(C(N)=O)cn2)c([C@@H](C)O)cc1F. The molecule has 19 heavy (non-hydrogen) atoms. The molecule has 0 aliphatic rings. The van der Waals surface area contributed by atoms with E-state index >= 15 is 0 Å². The summed E-state index contributed by atoms with van der Waals surface area (Å²) < 4.78 is 15.0. The molecule has 2 rings (SSSR count). The fourth-order valence-electron chi connectivity index (χ4n) is 1.80. The van der Waals surface area contributed by atoms with Crippen molar-refractivity contribution < 1.29 is 14.3 Å². The highest BCUT2D eigenvalue weighted by Gasteiger charge is 2.15. The molecule has 5 nitrogen and oxygen atoms in total. The summed E-state index contributed by atoms with van der Waals surface area (Å²) in [7, 11) is 0. The fourth-order valence-corrected chi connectivity index (χ4v) is 1.80. The maximum atomic E-state index is 13.6. The Morgan fingerprint density at radius 3 is 2.74 bits per heavy atom. The van der Waals surface area contributed by atoms with Crippen LogP contribution in [-0.4, -0.2) is 20.8 Å². The van der Waals surface area contributed by atoms with Crippen molar-refractivity contribution in [1.82, 2.24) is 9.78 Å². The normalized spacial score (nSPS) is 12.4. The number of carbonyl (C=O) groups is 1. The molecule has 2 aromatic rings. The van der Waals surface area contributed by atoms with Crippen molar-refractivity contribution in [3.05, 3.63) is 47.0 Å². The molecule has 0 saturated heterocycles.